The monoisotopic (exact) mass is 493 g/mol. The van der Waals surface area contributed by atoms with E-state index < -0.39 is 0 Å². The van der Waals surface area contributed by atoms with E-state index in [1.807, 2.05) is 29.2 Å². The maximum Gasteiger partial charge on any atom is 0.263 e. The molecule has 35 heavy (non-hydrogen) atoms. The van der Waals surface area contributed by atoms with Gasteiger partial charge in [-0.05, 0) is 49.1 Å². The van der Waals surface area contributed by atoms with Crippen molar-refractivity contribution >= 4 is 39.1 Å². The van der Waals surface area contributed by atoms with E-state index >= 15 is 0 Å². The van der Waals surface area contributed by atoms with Crippen molar-refractivity contribution in [2.45, 2.75) is 31.8 Å². The highest BCUT2D eigenvalue weighted by Crippen LogP contribution is 2.36. The van der Waals surface area contributed by atoms with Gasteiger partial charge in [0.05, 0.1) is 30.6 Å². The van der Waals surface area contributed by atoms with Crippen molar-refractivity contribution in [2.75, 3.05) is 45.6 Å². The molecule has 1 atom stereocenters. The van der Waals surface area contributed by atoms with E-state index in [1.54, 1.807) is 7.05 Å². The lowest BCUT2D eigenvalue weighted by molar-refractivity contribution is 0.0342. The van der Waals surface area contributed by atoms with E-state index in [0.717, 1.165) is 68.0 Å². The van der Waals surface area contributed by atoms with Crippen molar-refractivity contribution in [3.63, 3.8) is 0 Å². The summed E-state index contributed by atoms with van der Waals surface area (Å²) in [4.78, 5) is 36.1. The Balaban J connectivity index is 1.36. The van der Waals surface area contributed by atoms with Gasteiger partial charge >= 0.3 is 0 Å². The van der Waals surface area contributed by atoms with Crippen molar-refractivity contribution in [3.05, 3.63) is 58.1 Å². The Kier molecular flexibility index (Phi) is 6.99. The highest BCUT2D eigenvalue weighted by molar-refractivity contribution is 7.21. The molecule has 184 valence electrons. The molecule has 5 rings (SSSR count). The summed E-state index contributed by atoms with van der Waals surface area (Å²) in [7, 11) is 1.59. The summed E-state index contributed by atoms with van der Waals surface area (Å²) in [5.41, 5.74) is 9.41. The van der Waals surface area contributed by atoms with Gasteiger partial charge in [0.25, 0.3) is 11.8 Å². The number of amides is 2. The van der Waals surface area contributed by atoms with Crippen molar-refractivity contribution in [1.29, 1.82) is 0 Å². The van der Waals surface area contributed by atoms with Crippen LogP contribution < -0.4 is 11.1 Å². The van der Waals surface area contributed by atoms with Crippen LogP contribution in [0.1, 0.15) is 56.6 Å². The number of fused-ring (bicyclic) bond motifs is 1. The number of aromatic nitrogens is 1. The zero-order chi connectivity index (χ0) is 24.4. The quantitative estimate of drug-likeness (QED) is 0.565. The molecule has 0 bridgehead atoms. The summed E-state index contributed by atoms with van der Waals surface area (Å²) in [6.45, 7) is 5.00. The van der Waals surface area contributed by atoms with Crippen molar-refractivity contribution in [1.82, 2.24) is 20.1 Å². The lowest BCUT2D eigenvalue weighted by Gasteiger charge is -2.35. The van der Waals surface area contributed by atoms with E-state index in [1.165, 1.54) is 16.9 Å². The van der Waals surface area contributed by atoms with Gasteiger partial charge in [-0.25, -0.2) is 4.98 Å². The number of carbonyl (C=O) groups is 2. The zero-order valence-corrected chi connectivity index (χ0v) is 20.8. The second-order valence-corrected chi connectivity index (χ2v) is 10.1. The number of nitrogens with two attached hydrogens (primary N) is 1. The number of likely N-dealkylation sites (tertiary alicyclic amines) is 1. The van der Waals surface area contributed by atoms with Crippen LogP contribution in [-0.4, -0.2) is 66.5 Å². The van der Waals surface area contributed by atoms with E-state index in [0.29, 0.717) is 22.7 Å². The SMILES string of the molecule is CNC(=O)c1sc2nc([C@@H]3CCCCN3C(=O)c3ccc(CN4CCOCC4)cc3)ccc2c1N. The third-order valence-corrected chi connectivity index (χ3v) is 7.98. The molecule has 0 radical (unpaired) electrons. The fourth-order valence-electron chi connectivity index (χ4n) is 4.90. The molecule has 0 spiro atoms. The Labute approximate surface area is 209 Å². The van der Waals surface area contributed by atoms with Gasteiger partial charge in [0.1, 0.15) is 9.71 Å². The Morgan fingerprint density at radius 1 is 1.11 bits per heavy atom. The summed E-state index contributed by atoms with van der Waals surface area (Å²) in [6.07, 6.45) is 2.89. The molecule has 0 unspecified atom stereocenters. The second-order valence-electron chi connectivity index (χ2n) is 9.11. The number of anilines is 1. The third kappa shape index (κ3) is 4.89. The first-order chi connectivity index (χ1) is 17.0. The number of nitrogens with zero attached hydrogens (tertiary/aromatic N) is 3. The van der Waals surface area contributed by atoms with Gasteiger partial charge in [-0.3, -0.25) is 14.5 Å². The number of piperidine rings is 1. The topological polar surface area (TPSA) is 101 Å². The number of nitrogen functional groups attached to an aromatic ring is 1. The molecule has 2 saturated heterocycles. The first kappa shape index (κ1) is 23.7. The fraction of sp³-hybridized carbons (Fsp3) is 0.423. The first-order valence-electron chi connectivity index (χ1n) is 12.2. The minimum absolute atomic E-state index is 0.0336. The molecule has 2 aliphatic rings. The van der Waals surface area contributed by atoms with Crippen molar-refractivity contribution in [3.8, 4) is 0 Å². The molecule has 2 aliphatic heterocycles. The van der Waals surface area contributed by atoms with E-state index in [9.17, 15) is 9.59 Å². The minimum Gasteiger partial charge on any atom is -0.397 e. The van der Waals surface area contributed by atoms with Gasteiger partial charge < -0.3 is 20.7 Å². The molecule has 4 heterocycles. The minimum atomic E-state index is -0.210. The summed E-state index contributed by atoms with van der Waals surface area (Å²) in [5.74, 6) is -0.176. The van der Waals surface area contributed by atoms with Crippen molar-refractivity contribution < 1.29 is 14.3 Å². The number of nitrogens with one attached hydrogen (secondary N) is 1. The van der Waals surface area contributed by atoms with Gasteiger partial charge in [-0.2, -0.15) is 0 Å². The summed E-state index contributed by atoms with van der Waals surface area (Å²) < 4.78 is 5.43. The Morgan fingerprint density at radius 3 is 2.63 bits per heavy atom. The molecule has 0 aliphatic carbocycles. The summed E-state index contributed by atoms with van der Waals surface area (Å²) >= 11 is 1.29. The number of thiophene rings is 1. The van der Waals surface area contributed by atoms with Gasteiger partial charge in [-0.15, -0.1) is 11.3 Å². The van der Waals surface area contributed by atoms with Crippen molar-refractivity contribution in [2.24, 2.45) is 0 Å². The molecule has 8 nitrogen and oxygen atoms in total. The number of rotatable bonds is 5. The average molecular weight is 494 g/mol. The molecular weight excluding hydrogens is 462 g/mol. The number of carbonyl (C=O) groups excluding carboxylic acids is 2. The number of benzene rings is 1. The lowest BCUT2D eigenvalue weighted by Crippen LogP contribution is -2.39. The van der Waals surface area contributed by atoms with Gasteiger partial charge in [0.15, 0.2) is 0 Å². The summed E-state index contributed by atoms with van der Waals surface area (Å²) in [5, 5.41) is 3.41. The molecule has 3 N–H and O–H groups in total. The number of hydrogen-bond donors (Lipinski definition) is 2. The Morgan fingerprint density at radius 2 is 1.89 bits per heavy atom. The van der Waals surface area contributed by atoms with Gasteiger partial charge in [0.2, 0.25) is 0 Å². The molecular formula is C26H31N5O3S. The van der Waals surface area contributed by atoms with Crippen LogP contribution in [0, 0.1) is 0 Å². The largest absolute Gasteiger partial charge is 0.397 e. The second kappa shape index (κ2) is 10.3. The van der Waals surface area contributed by atoms with E-state index in [2.05, 4.69) is 22.3 Å². The summed E-state index contributed by atoms with van der Waals surface area (Å²) in [6, 6.07) is 11.8. The third-order valence-electron chi connectivity index (χ3n) is 6.86. The van der Waals surface area contributed by atoms with Crippen LogP contribution >= 0.6 is 11.3 Å². The normalized spacial score (nSPS) is 19.1. The van der Waals surface area contributed by atoms with Crippen LogP contribution in [0.5, 0.6) is 0 Å². The number of morpholine rings is 1. The van der Waals surface area contributed by atoms with Crippen LogP contribution in [-0.2, 0) is 11.3 Å². The molecule has 1 aromatic carbocycles. The molecule has 0 saturated carbocycles. The number of pyridine rings is 1. The molecule has 2 fully saturated rings. The number of ether oxygens (including phenoxy) is 1. The van der Waals surface area contributed by atoms with Crippen LogP contribution in [0.15, 0.2) is 36.4 Å². The standard InChI is InChI=1S/C26H31N5O3S/c1-28-24(32)23-22(27)19-9-10-20(29-25(19)35-23)21-4-2-3-11-31(21)26(33)18-7-5-17(6-8-18)16-30-12-14-34-15-13-30/h5-10,21H,2-4,11-16,27H2,1H3,(H,28,32)/t21-/m0/s1. The fourth-order valence-corrected chi connectivity index (χ4v) is 5.94. The molecule has 9 heteroatoms. The average Bonchev–Trinajstić information content (AvgIpc) is 3.24. The predicted molar refractivity (Wildman–Crippen MR) is 138 cm³/mol. The highest BCUT2D eigenvalue weighted by Gasteiger charge is 2.30. The highest BCUT2D eigenvalue weighted by atomic mass is 32.1. The van der Waals surface area contributed by atoms with E-state index in [4.69, 9.17) is 15.5 Å². The smallest absolute Gasteiger partial charge is 0.263 e. The van der Waals surface area contributed by atoms with Crippen LogP contribution in [0.25, 0.3) is 10.2 Å². The first-order valence-corrected chi connectivity index (χ1v) is 13.0. The molecule has 3 aromatic rings. The van der Waals surface area contributed by atoms with Crippen LogP contribution in [0.3, 0.4) is 0 Å². The lowest BCUT2D eigenvalue weighted by atomic mass is 9.97. The van der Waals surface area contributed by atoms with E-state index in [-0.39, 0.29) is 17.9 Å². The zero-order valence-electron chi connectivity index (χ0n) is 20.0. The Bertz CT molecular complexity index is 1220. The van der Waals surface area contributed by atoms with Gasteiger partial charge in [0, 0.05) is 44.2 Å². The van der Waals surface area contributed by atoms with Crippen LogP contribution in [0.2, 0.25) is 0 Å². The molecule has 2 amide bonds. The van der Waals surface area contributed by atoms with Crippen LogP contribution in [0.4, 0.5) is 5.69 Å². The maximum absolute atomic E-state index is 13.5. The Hall–Kier alpha value is -3.01. The maximum atomic E-state index is 13.5. The predicted octanol–water partition coefficient (Wildman–Crippen LogP) is 3.44. The van der Waals surface area contributed by atoms with Gasteiger partial charge in [-0.1, -0.05) is 12.1 Å². The number of hydrogen-bond acceptors (Lipinski definition) is 7. The molecule has 2 aromatic heterocycles.